The number of hydrogen-bond acceptors (Lipinski definition) is 5. The summed E-state index contributed by atoms with van der Waals surface area (Å²) in [5.41, 5.74) is 15.9. The van der Waals surface area contributed by atoms with Crippen molar-refractivity contribution in [2.75, 3.05) is 9.80 Å². The summed E-state index contributed by atoms with van der Waals surface area (Å²) < 4.78 is 2.17. The number of nitrogens with zero attached hydrogens (tertiary/aromatic N) is 6. The first-order valence-electron chi connectivity index (χ1n) is 27.5. The van der Waals surface area contributed by atoms with Gasteiger partial charge in [-0.2, -0.15) is 9.97 Å². The minimum Gasteiger partial charge on any atom is -0.310 e. The molecule has 6 heteroatoms. The van der Waals surface area contributed by atoms with Crippen LogP contribution in [0.1, 0.15) is 79.0 Å². The third-order valence-corrected chi connectivity index (χ3v) is 15.3. The van der Waals surface area contributed by atoms with E-state index in [9.17, 15) is 0 Å². The van der Waals surface area contributed by atoms with Crippen molar-refractivity contribution in [1.29, 1.82) is 0 Å². The van der Waals surface area contributed by atoms with E-state index in [2.05, 4.69) is 295 Å². The van der Waals surface area contributed by atoms with Gasteiger partial charge in [0.1, 0.15) is 0 Å². The lowest BCUT2D eigenvalue weighted by atomic mass is 9.83. The van der Waals surface area contributed by atoms with Crippen LogP contribution in [0.4, 0.5) is 34.1 Å². The predicted octanol–water partition coefficient (Wildman–Crippen LogP) is 20.0. The molecule has 0 aliphatic carbocycles. The second-order valence-corrected chi connectivity index (χ2v) is 23.9. The van der Waals surface area contributed by atoms with Gasteiger partial charge in [0.25, 0.3) is 0 Å². The highest BCUT2D eigenvalue weighted by Gasteiger charge is 2.30. The summed E-state index contributed by atoms with van der Waals surface area (Å²) in [5, 5.41) is 4.68. The van der Waals surface area contributed by atoms with Gasteiger partial charge in [-0.25, -0.2) is 4.98 Å². The van der Waals surface area contributed by atoms with Gasteiger partial charge in [0.2, 0.25) is 5.95 Å². The lowest BCUT2D eigenvalue weighted by Crippen LogP contribution is -2.20. The van der Waals surface area contributed by atoms with Gasteiger partial charge in [-0.05, 0) is 134 Å². The zero-order chi connectivity index (χ0) is 54.6. The monoisotopic (exact) mass is 1030 g/mol. The van der Waals surface area contributed by atoms with Crippen molar-refractivity contribution < 1.29 is 0 Å². The van der Waals surface area contributed by atoms with Crippen molar-refractivity contribution in [2.24, 2.45) is 0 Å². The molecule has 0 aliphatic rings. The highest BCUT2D eigenvalue weighted by atomic mass is 15.2. The van der Waals surface area contributed by atoms with Gasteiger partial charge in [0.05, 0.1) is 22.4 Å². The van der Waals surface area contributed by atoms with Crippen LogP contribution in [0.25, 0.3) is 72.4 Å². The molecule has 0 amide bonds. The average Bonchev–Trinajstić information content (AvgIpc) is 4.09. The molecule has 79 heavy (non-hydrogen) atoms. The largest absolute Gasteiger partial charge is 0.310 e. The second kappa shape index (κ2) is 20.0. The van der Waals surface area contributed by atoms with Crippen LogP contribution in [0.3, 0.4) is 0 Å². The predicted molar refractivity (Wildman–Crippen MR) is 333 cm³/mol. The van der Waals surface area contributed by atoms with E-state index >= 15 is 0 Å². The van der Waals surface area contributed by atoms with Crippen LogP contribution in [-0.2, 0) is 16.2 Å². The normalized spacial score (nSPS) is 12.1. The van der Waals surface area contributed by atoms with Gasteiger partial charge in [-0.3, -0.25) is 4.57 Å². The second-order valence-electron chi connectivity index (χ2n) is 23.9. The summed E-state index contributed by atoms with van der Waals surface area (Å²) in [4.78, 5) is 20.7. The molecule has 2 heterocycles. The van der Waals surface area contributed by atoms with Crippen molar-refractivity contribution in [1.82, 2.24) is 19.5 Å². The highest BCUT2D eigenvalue weighted by molar-refractivity contribution is 6.09. The number of para-hydroxylation sites is 2. The molecule has 2 aromatic heterocycles. The van der Waals surface area contributed by atoms with E-state index in [1.54, 1.807) is 0 Å². The van der Waals surface area contributed by atoms with Crippen molar-refractivity contribution >= 4 is 66.7 Å². The molecular weight excluding hydrogens is 961 g/mol. The summed E-state index contributed by atoms with van der Waals surface area (Å²) in [5.74, 6) is 1.76. The molecule has 0 fully saturated rings. The Morgan fingerprint density at radius 1 is 0.316 bits per heavy atom. The Morgan fingerprint density at radius 2 is 0.709 bits per heavy atom. The van der Waals surface area contributed by atoms with Gasteiger partial charge in [-0.15, -0.1) is 0 Å². The maximum Gasteiger partial charge on any atom is 0.238 e. The van der Waals surface area contributed by atoms with Crippen molar-refractivity contribution in [3.05, 3.63) is 253 Å². The topological polar surface area (TPSA) is 50.1 Å². The Bertz CT molecular complexity index is 4110. The highest BCUT2D eigenvalue weighted by Crippen LogP contribution is 2.52. The Kier molecular flexibility index (Phi) is 12.8. The molecule has 10 aromatic carbocycles. The molecule has 0 bridgehead atoms. The molecule has 0 radical (unpaired) electrons. The van der Waals surface area contributed by atoms with Crippen molar-refractivity contribution in [3.63, 3.8) is 0 Å². The number of hydrogen-bond donors (Lipinski definition) is 0. The third kappa shape index (κ3) is 9.84. The summed E-state index contributed by atoms with van der Waals surface area (Å²) in [6.45, 7) is 20.6. The Hall–Kier alpha value is -9.13. The lowest BCUT2D eigenvalue weighted by molar-refractivity contribution is 0.589. The van der Waals surface area contributed by atoms with Gasteiger partial charge < -0.3 is 9.80 Å². The first-order chi connectivity index (χ1) is 38.1. The molecule has 0 aliphatic heterocycles. The summed E-state index contributed by atoms with van der Waals surface area (Å²) in [6.07, 6.45) is 0. The van der Waals surface area contributed by atoms with Crippen LogP contribution in [0.15, 0.2) is 237 Å². The number of anilines is 6. The summed E-state index contributed by atoms with van der Waals surface area (Å²) in [6, 6.07) is 85.6. The Morgan fingerprint density at radius 3 is 1.20 bits per heavy atom. The van der Waals surface area contributed by atoms with Gasteiger partial charge >= 0.3 is 0 Å². The van der Waals surface area contributed by atoms with Crippen LogP contribution in [0, 0.1) is 0 Å². The first kappa shape index (κ1) is 50.7. The Balaban J connectivity index is 1.10. The van der Waals surface area contributed by atoms with Gasteiger partial charge in [-0.1, -0.05) is 214 Å². The standard InChI is InChI=1S/C73H66N6/c1-71(2,3)54-35-42-58(43-36-54)77(57-39-33-52(34-40-57)69-74-68(51-25-14-11-15-26-51)75-70(76-69)79-63-30-20-18-28-61(63)62-29-19-21-31-64(62)79)65-47-56(73(7,8)9)48-66(67(65)50-23-12-10-13-24-50)78(59-44-37-55(38-45-59)72(4,5)6)60-41-32-49-22-16-17-27-53(49)46-60/h10-48H,1-9H3. The average molecular weight is 1030 g/mol. The fraction of sp³-hybridized carbons (Fsp3) is 0.164. The Labute approximate surface area is 465 Å². The van der Waals surface area contributed by atoms with E-state index < -0.39 is 0 Å². The fourth-order valence-electron chi connectivity index (χ4n) is 10.9. The fourth-order valence-corrected chi connectivity index (χ4v) is 10.9. The first-order valence-corrected chi connectivity index (χ1v) is 27.5. The van der Waals surface area contributed by atoms with Gasteiger partial charge in [0.15, 0.2) is 11.6 Å². The molecule has 0 N–H and O–H groups in total. The number of benzene rings is 10. The zero-order valence-electron chi connectivity index (χ0n) is 46.7. The molecule has 0 saturated heterocycles. The van der Waals surface area contributed by atoms with Crippen LogP contribution in [0.2, 0.25) is 0 Å². The molecule has 388 valence electrons. The van der Waals surface area contributed by atoms with E-state index in [0.717, 1.165) is 78.2 Å². The molecule has 0 spiro atoms. The quantitative estimate of drug-likeness (QED) is 0.137. The summed E-state index contributed by atoms with van der Waals surface area (Å²) in [7, 11) is 0. The molecule has 12 aromatic rings. The maximum atomic E-state index is 5.34. The smallest absolute Gasteiger partial charge is 0.238 e. The minimum atomic E-state index is -0.237. The van der Waals surface area contributed by atoms with Crippen molar-refractivity contribution in [3.8, 4) is 39.9 Å². The van der Waals surface area contributed by atoms with E-state index in [4.69, 9.17) is 15.0 Å². The molecule has 12 rings (SSSR count). The van der Waals surface area contributed by atoms with Gasteiger partial charge in [0, 0.05) is 50.2 Å². The SMILES string of the molecule is CC(C)(C)c1ccc(N(c2ccc(-c3nc(-c4ccccc4)nc(-n4c5ccccc5c5ccccc54)n3)cc2)c2cc(C(C)(C)C)cc(N(c3ccc(C(C)(C)C)cc3)c3ccc4ccccc4c3)c2-c2ccccc2)cc1. The van der Waals surface area contributed by atoms with Crippen molar-refractivity contribution in [2.45, 2.75) is 78.6 Å². The molecular formula is C73H66N6. The maximum absolute atomic E-state index is 5.34. The van der Waals surface area contributed by atoms with Crippen LogP contribution in [0.5, 0.6) is 0 Å². The number of fused-ring (bicyclic) bond motifs is 4. The van der Waals surface area contributed by atoms with Crippen LogP contribution >= 0.6 is 0 Å². The molecule has 0 atom stereocenters. The molecule has 0 saturated carbocycles. The van der Waals surface area contributed by atoms with E-state index in [-0.39, 0.29) is 16.2 Å². The minimum absolute atomic E-state index is 0.0121. The molecule has 6 nitrogen and oxygen atoms in total. The summed E-state index contributed by atoms with van der Waals surface area (Å²) >= 11 is 0. The van der Waals surface area contributed by atoms with E-state index in [1.165, 1.54) is 27.5 Å². The third-order valence-electron chi connectivity index (χ3n) is 15.3. The van der Waals surface area contributed by atoms with E-state index in [1.807, 2.05) is 18.2 Å². The van der Waals surface area contributed by atoms with Crippen LogP contribution < -0.4 is 9.80 Å². The molecule has 0 unspecified atom stereocenters. The number of aromatic nitrogens is 4. The van der Waals surface area contributed by atoms with Crippen LogP contribution in [-0.4, -0.2) is 19.5 Å². The number of rotatable bonds is 10. The zero-order valence-corrected chi connectivity index (χ0v) is 46.7. The van der Waals surface area contributed by atoms with E-state index in [0.29, 0.717) is 17.6 Å². The lowest BCUT2D eigenvalue weighted by Gasteiger charge is -2.36.